The van der Waals surface area contributed by atoms with Gasteiger partial charge in [-0.25, -0.2) is 0 Å². The molecule has 4 aliphatic rings. The Bertz CT molecular complexity index is 889. The summed E-state index contributed by atoms with van der Waals surface area (Å²) in [6, 6.07) is 0. The first-order valence-electron chi connectivity index (χ1n) is 11.6. The number of hydrogen-bond donors (Lipinski definition) is 4. The van der Waals surface area contributed by atoms with Crippen LogP contribution < -0.4 is 0 Å². The van der Waals surface area contributed by atoms with Gasteiger partial charge in [0, 0.05) is 15.9 Å². The molecule has 0 aromatic rings. The zero-order valence-electron chi connectivity index (χ0n) is 19.7. The molecule has 4 N–H and O–H groups in total. The lowest BCUT2D eigenvalue weighted by Gasteiger charge is -2.61. The van der Waals surface area contributed by atoms with Gasteiger partial charge in [0.05, 0.1) is 13.6 Å². The van der Waals surface area contributed by atoms with Crippen molar-refractivity contribution in [3.8, 4) is 0 Å². The molecule has 0 amide bonds. The summed E-state index contributed by atoms with van der Waals surface area (Å²) in [5.74, 6) is -5.09. The molecular formula is C21H30O6. The highest BCUT2D eigenvalue weighted by atomic mass is 16.3. The molecule has 0 bridgehead atoms. The van der Waals surface area contributed by atoms with Crippen LogP contribution in [0.25, 0.3) is 0 Å². The fourth-order valence-corrected chi connectivity index (χ4v) is 6.27. The topological polar surface area (TPSA) is 115 Å². The fraction of sp³-hybridized carbons (Fsp3) is 0.810. The maximum absolute atomic E-state index is 12.6. The third-order valence-corrected chi connectivity index (χ3v) is 7.77. The van der Waals surface area contributed by atoms with E-state index in [4.69, 9.17) is 4.11 Å². The van der Waals surface area contributed by atoms with Crippen LogP contribution in [0.1, 0.15) is 57.8 Å². The van der Waals surface area contributed by atoms with Crippen molar-refractivity contribution in [2.45, 2.75) is 70.1 Å². The number of carbonyl (C=O) groups is 2. The monoisotopic (exact) mass is 382 g/mol. The largest absolute Gasteiger partial charge is 0.393 e. The van der Waals surface area contributed by atoms with Crippen molar-refractivity contribution in [1.82, 2.24) is 0 Å². The second-order valence-corrected chi connectivity index (χ2v) is 8.93. The Labute approximate surface area is 164 Å². The number of aliphatic hydroxyl groups is 4. The number of carbonyl (C=O) groups excluding carboxylic acids is 2. The number of hydrogen-bond acceptors (Lipinski definition) is 6. The molecule has 0 unspecified atom stereocenters. The number of ketones is 2. The van der Waals surface area contributed by atoms with Gasteiger partial charge >= 0.3 is 0 Å². The molecule has 27 heavy (non-hydrogen) atoms. The van der Waals surface area contributed by atoms with E-state index in [1.54, 1.807) is 6.92 Å². The van der Waals surface area contributed by atoms with E-state index < -0.39 is 65.1 Å². The molecule has 0 saturated heterocycles. The highest BCUT2D eigenvalue weighted by Crippen LogP contribution is 2.67. The maximum Gasteiger partial charge on any atom is 0.190 e. The van der Waals surface area contributed by atoms with Crippen LogP contribution in [0.4, 0.5) is 0 Å². The standard InChI is InChI=1S/C21H30O6/c1-19-5-3-11(23)7-14(19)15(24)8-12-13-4-6-21(27,17(26)10-22)20(13,2)9-16(25)18(12)19/h7,12-13,15-16,18,22,24-25,27H,3-6,8-10H2,1-2H3/t12-,13-,15+,16-,18+,19-,20-,21-/m0/s1/i9D2,16D,18D. The molecule has 3 fully saturated rings. The Morgan fingerprint density at radius 2 is 2.07 bits per heavy atom. The van der Waals surface area contributed by atoms with Crippen molar-refractivity contribution in [3.05, 3.63) is 11.6 Å². The van der Waals surface area contributed by atoms with Crippen molar-refractivity contribution >= 4 is 11.6 Å². The van der Waals surface area contributed by atoms with Crippen LogP contribution in [0.5, 0.6) is 0 Å². The van der Waals surface area contributed by atoms with E-state index in [1.165, 1.54) is 13.0 Å². The average molecular weight is 382 g/mol. The number of Topliss-reactive ketones (excluding diaryl/α,β-unsaturated/α-hetero) is 1. The maximum atomic E-state index is 12.6. The summed E-state index contributed by atoms with van der Waals surface area (Å²) in [5.41, 5.74) is -5.40. The highest BCUT2D eigenvalue weighted by molar-refractivity contribution is 5.92. The van der Waals surface area contributed by atoms with Crippen LogP contribution in [0.2, 0.25) is 0 Å². The number of rotatable bonds is 2. The Morgan fingerprint density at radius 1 is 1.37 bits per heavy atom. The highest BCUT2D eigenvalue weighted by Gasteiger charge is 2.68. The Kier molecular flexibility index (Phi) is 3.28. The summed E-state index contributed by atoms with van der Waals surface area (Å²) >= 11 is 0. The molecule has 0 aromatic carbocycles. The van der Waals surface area contributed by atoms with Gasteiger partial charge in [0.1, 0.15) is 12.2 Å². The quantitative estimate of drug-likeness (QED) is 0.560. The molecule has 0 aromatic heterocycles. The lowest BCUT2D eigenvalue weighted by atomic mass is 9.45. The van der Waals surface area contributed by atoms with Gasteiger partial charge in [0.2, 0.25) is 0 Å². The summed E-state index contributed by atoms with van der Waals surface area (Å²) in [6.07, 6.45) is -5.87. The Balaban J connectivity index is 2.00. The predicted molar refractivity (Wildman–Crippen MR) is 96.5 cm³/mol. The first kappa shape index (κ1) is 14.9. The van der Waals surface area contributed by atoms with E-state index >= 15 is 0 Å². The van der Waals surface area contributed by atoms with E-state index in [-0.39, 0.29) is 43.5 Å². The van der Waals surface area contributed by atoms with Crippen molar-refractivity contribution in [3.63, 3.8) is 0 Å². The SMILES string of the molecule is [2H]C1([2H])[C@]([2H])(O)[C@@]2([2H])[C@@H](C[C@@H](O)C3=CC(=O)CC[C@@]32C)[C@@H]2CC[C@](O)(C(=O)CO)[C@]21C. The predicted octanol–water partition coefficient (Wildman–Crippen LogP) is 0.752. The van der Waals surface area contributed by atoms with E-state index in [2.05, 4.69) is 0 Å². The minimum atomic E-state index is -3.08. The summed E-state index contributed by atoms with van der Waals surface area (Å²) in [5, 5.41) is 43.2. The second-order valence-electron chi connectivity index (χ2n) is 8.93. The van der Waals surface area contributed by atoms with Gasteiger partial charge < -0.3 is 20.4 Å². The van der Waals surface area contributed by atoms with Crippen LogP contribution in [-0.4, -0.2) is 56.4 Å². The minimum Gasteiger partial charge on any atom is -0.393 e. The van der Waals surface area contributed by atoms with Gasteiger partial charge in [-0.1, -0.05) is 13.8 Å². The number of aliphatic hydroxyl groups excluding tert-OH is 2. The zero-order chi connectivity index (χ0) is 23.4. The van der Waals surface area contributed by atoms with Crippen LogP contribution >= 0.6 is 0 Å². The molecule has 0 heterocycles. The molecule has 4 aliphatic carbocycles. The minimum absolute atomic E-state index is 0.0496. The molecule has 4 rings (SSSR count). The lowest BCUT2D eigenvalue weighted by molar-refractivity contribution is -0.187. The molecule has 0 spiro atoms. The van der Waals surface area contributed by atoms with Crippen molar-refractivity contribution < 1.29 is 35.5 Å². The van der Waals surface area contributed by atoms with Crippen LogP contribution in [0, 0.1) is 28.6 Å². The van der Waals surface area contributed by atoms with Gasteiger partial charge in [0.15, 0.2) is 11.6 Å². The third kappa shape index (κ3) is 2.33. The van der Waals surface area contributed by atoms with E-state index in [0.29, 0.717) is 0 Å². The molecule has 6 nitrogen and oxygen atoms in total. The van der Waals surface area contributed by atoms with Crippen LogP contribution in [0.15, 0.2) is 11.6 Å². The van der Waals surface area contributed by atoms with Gasteiger partial charge in [-0.2, -0.15) is 0 Å². The van der Waals surface area contributed by atoms with Crippen molar-refractivity contribution in [2.24, 2.45) is 28.6 Å². The molecule has 3 saturated carbocycles. The lowest BCUT2D eigenvalue weighted by Crippen LogP contribution is -2.63. The Hall–Kier alpha value is -1.08. The summed E-state index contributed by atoms with van der Waals surface area (Å²) in [7, 11) is 0. The first-order chi connectivity index (χ1) is 14.1. The molecule has 6 heteroatoms. The van der Waals surface area contributed by atoms with Gasteiger partial charge in [-0.3, -0.25) is 9.59 Å². The Morgan fingerprint density at radius 3 is 2.74 bits per heavy atom. The van der Waals surface area contributed by atoms with E-state index in [1.807, 2.05) is 0 Å². The van der Waals surface area contributed by atoms with Crippen LogP contribution in [-0.2, 0) is 9.59 Å². The molecule has 8 atom stereocenters. The van der Waals surface area contributed by atoms with Crippen LogP contribution in [0.3, 0.4) is 0 Å². The molecule has 0 radical (unpaired) electrons. The molecule has 150 valence electrons. The van der Waals surface area contributed by atoms with Gasteiger partial charge in [-0.15, -0.1) is 0 Å². The van der Waals surface area contributed by atoms with Crippen molar-refractivity contribution in [1.29, 1.82) is 0 Å². The second kappa shape index (κ2) is 5.96. The third-order valence-electron chi connectivity index (χ3n) is 7.77. The zero-order valence-corrected chi connectivity index (χ0v) is 15.7. The van der Waals surface area contributed by atoms with Gasteiger partial charge in [-0.05, 0) is 66.9 Å². The summed E-state index contributed by atoms with van der Waals surface area (Å²) in [6.45, 7) is 1.88. The fourth-order valence-electron chi connectivity index (χ4n) is 6.27. The smallest absolute Gasteiger partial charge is 0.190 e. The number of fused-ring (bicyclic) bond motifs is 5. The molecular weight excluding hydrogens is 348 g/mol. The first-order valence-corrected chi connectivity index (χ1v) is 9.60. The molecule has 0 aliphatic heterocycles. The summed E-state index contributed by atoms with van der Waals surface area (Å²) < 4.78 is 36.1. The van der Waals surface area contributed by atoms with E-state index in [9.17, 15) is 31.4 Å². The normalized spacial score (nSPS) is 61.3. The summed E-state index contributed by atoms with van der Waals surface area (Å²) in [4.78, 5) is 24.6. The average Bonchev–Trinajstić information content (AvgIpc) is 2.98. The van der Waals surface area contributed by atoms with Gasteiger partial charge in [0.25, 0.3) is 0 Å². The van der Waals surface area contributed by atoms with Crippen molar-refractivity contribution in [2.75, 3.05) is 6.61 Å². The van der Waals surface area contributed by atoms with E-state index in [0.717, 1.165) is 0 Å².